The Balaban J connectivity index is 2.08. The summed E-state index contributed by atoms with van der Waals surface area (Å²) in [5.41, 5.74) is 1.21. The van der Waals surface area contributed by atoms with Gasteiger partial charge in [-0.05, 0) is 42.7 Å². The van der Waals surface area contributed by atoms with E-state index in [-0.39, 0.29) is 5.38 Å². The maximum Gasteiger partial charge on any atom is 0.119 e. The predicted octanol–water partition coefficient (Wildman–Crippen LogP) is 4.84. The second-order valence-electron chi connectivity index (χ2n) is 4.18. The number of benzene rings is 1. The van der Waals surface area contributed by atoms with Crippen molar-refractivity contribution in [3.8, 4) is 5.75 Å². The Morgan fingerprint density at radius 1 is 1.28 bits per heavy atom. The van der Waals surface area contributed by atoms with Crippen LogP contribution in [0.5, 0.6) is 5.75 Å². The highest BCUT2D eigenvalue weighted by Crippen LogP contribution is 2.31. The molecule has 18 heavy (non-hydrogen) atoms. The van der Waals surface area contributed by atoms with Gasteiger partial charge in [-0.1, -0.05) is 19.1 Å². The molecule has 3 heteroatoms. The molecule has 1 aromatic heterocycles. The molecule has 0 aliphatic heterocycles. The first-order valence-electron chi connectivity index (χ1n) is 6.08. The number of rotatable bonds is 5. The van der Waals surface area contributed by atoms with E-state index in [1.54, 1.807) is 18.4 Å². The molecule has 1 atom stereocenters. The fraction of sp³-hybridized carbons (Fsp3) is 0.333. The zero-order chi connectivity index (χ0) is 13.0. The summed E-state index contributed by atoms with van der Waals surface area (Å²) >= 11 is 8.28. The number of hydrogen-bond donors (Lipinski definition) is 0. The van der Waals surface area contributed by atoms with Gasteiger partial charge in [0, 0.05) is 9.75 Å². The van der Waals surface area contributed by atoms with Gasteiger partial charge in [0.2, 0.25) is 0 Å². The number of ether oxygens (including phenoxy) is 1. The minimum atomic E-state index is 0.0439. The molecule has 1 unspecified atom stereocenters. The van der Waals surface area contributed by atoms with Crippen LogP contribution >= 0.6 is 22.9 Å². The Kier molecular flexibility index (Phi) is 4.67. The third-order valence-electron chi connectivity index (χ3n) is 2.89. The highest BCUT2D eigenvalue weighted by atomic mass is 35.5. The molecular formula is C15H17ClOS. The Hall–Kier alpha value is -0.990. The van der Waals surface area contributed by atoms with Crippen molar-refractivity contribution in [2.24, 2.45) is 0 Å². The molecule has 0 bridgehead atoms. The highest BCUT2D eigenvalue weighted by Gasteiger charge is 2.11. The maximum atomic E-state index is 6.48. The molecule has 0 aliphatic carbocycles. The van der Waals surface area contributed by atoms with Crippen LogP contribution < -0.4 is 4.74 Å². The summed E-state index contributed by atoms with van der Waals surface area (Å²) in [5, 5.41) is 0.0439. The molecule has 0 aliphatic rings. The largest absolute Gasteiger partial charge is 0.497 e. The lowest BCUT2D eigenvalue weighted by molar-refractivity contribution is 0.414. The smallest absolute Gasteiger partial charge is 0.119 e. The van der Waals surface area contributed by atoms with E-state index in [0.717, 1.165) is 18.6 Å². The first kappa shape index (κ1) is 13.4. The summed E-state index contributed by atoms with van der Waals surface area (Å²) < 4.78 is 5.22. The van der Waals surface area contributed by atoms with Gasteiger partial charge in [-0.15, -0.1) is 22.9 Å². The first-order chi connectivity index (χ1) is 8.72. The second-order valence-corrected chi connectivity index (χ2v) is 5.91. The molecule has 0 fully saturated rings. The minimum absolute atomic E-state index is 0.0439. The second kappa shape index (κ2) is 6.26. The van der Waals surface area contributed by atoms with Crippen molar-refractivity contribution in [3.05, 3.63) is 51.7 Å². The predicted molar refractivity (Wildman–Crippen MR) is 79.0 cm³/mol. The Labute approximate surface area is 117 Å². The normalized spacial score (nSPS) is 12.4. The van der Waals surface area contributed by atoms with E-state index in [2.05, 4.69) is 25.1 Å². The quantitative estimate of drug-likeness (QED) is 0.712. The number of methoxy groups -OCH3 is 1. The number of aryl methyl sites for hydroxylation is 1. The summed E-state index contributed by atoms with van der Waals surface area (Å²) in [5.74, 6) is 0.886. The van der Waals surface area contributed by atoms with Crippen LogP contribution in [0.25, 0.3) is 0 Å². The van der Waals surface area contributed by atoms with Gasteiger partial charge >= 0.3 is 0 Å². The Bertz CT molecular complexity index is 507. The topological polar surface area (TPSA) is 9.23 Å². The van der Waals surface area contributed by atoms with Gasteiger partial charge in [-0.3, -0.25) is 0 Å². The monoisotopic (exact) mass is 280 g/mol. The van der Waals surface area contributed by atoms with Crippen molar-refractivity contribution in [2.45, 2.75) is 25.1 Å². The Morgan fingerprint density at radius 3 is 2.78 bits per heavy atom. The van der Waals surface area contributed by atoms with Gasteiger partial charge < -0.3 is 4.74 Å². The number of alkyl halides is 1. The van der Waals surface area contributed by atoms with Crippen LogP contribution in [0.4, 0.5) is 0 Å². The lowest BCUT2D eigenvalue weighted by Gasteiger charge is -2.08. The number of halogens is 1. The van der Waals surface area contributed by atoms with Crippen molar-refractivity contribution < 1.29 is 4.74 Å². The van der Waals surface area contributed by atoms with Gasteiger partial charge in [0.1, 0.15) is 5.75 Å². The van der Waals surface area contributed by atoms with Crippen LogP contribution in [0.3, 0.4) is 0 Å². The van der Waals surface area contributed by atoms with Gasteiger partial charge in [0.05, 0.1) is 12.5 Å². The van der Waals surface area contributed by atoms with E-state index >= 15 is 0 Å². The molecule has 0 amide bonds. The fourth-order valence-electron chi connectivity index (χ4n) is 1.86. The van der Waals surface area contributed by atoms with Crippen LogP contribution in [0, 0.1) is 0 Å². The summed E-state index contributed by atoms with van der Waals surface area (Å²) in [4.78, 5) is 2.64. The molecule has 96 valence electrons. The number of hydrogen-bond acceptors (Lipinski definition) is 2. The summed E-state index contributed by atoms with van der Waals surface area (Å²) in [7, 11) is 1.68. The Morgan fingerprint density at radius 2 is 2.11 bits per heavy atom. The number of thiophene rings is 1. The van der Waals surface area contributed by atoms with E-state index in [9.17, 15) is 0 Å². The third-order valence-corrected chi connectivity index (χ3v) is 4.75. The fourth-order valence-corrected chi connectivity index (χ4v) is 3.17. The maximum absolute atomic E-state index is 6.48. The van der Waals surface area contributed by atoms with Gasteiger partial charge in [-0.2, -0.15) is 0 Å². The molecule has 1 nitrogen and oxygen atoms in total. The van der Waals surface area contributed by atoms with Crippen molar-refractivity contribution >= 4 is 22.9 Å². The molecule has 0 spiro atoms. The summed E-state index contributed by atoms with van der Waals surface area (Å²) in [6, 6.07) is 12.4. The van der Waals surface area contributed by atoms with Gasteiger partial charge in [0.25, 0.3) is 0 Å². The minimum Gasteiger partial charge on any atom is -0.497 e. The molecule has 0 N–H and O–H groups in total. The van der Waals surface area contributed by atoms with Crippen LogP contribution in [-0.4, -0.2) is 7.11 Å². The standard InChI is InChI=1S/C15H17ClOS/c1-3-13-7-8-15(18-13)14(16)10-11-5-4-6-12(9-11)17-2/h4-9,14H,3,10H2,1-2H3. The van der Waals surface area contributed by atoms with Crippen LogP contribution in [0.2, 0.25) is 0 Å². The van der Waals surface area contributed by atoms with E-state index in [4.69, 9.17) is 16.3 Å². The molecule has 0 saturated heterocycles. The van der Waals surface area contributed by atoms with Gasteiger partial charge in [-0.25, -0.2) is 0 Å². The lowest BCUT2D eigenvalue weighted by Crippen LogP contribution is -1.94. The molecule has 2 aromatic rings. The van der Waals surface area contributed by atoms with E-state index in [1.807, 2.05) is 18.2 Å². The highest BCUT2D eigenvalue weighted by molar-refractivity contribution is 7.12. The lowest BCUT2D eigenvalue weighted by atomic mass is 10.1. The average Bonchev–Trinajstić information content (AvgIpc) is 2.88. The van der Waals surface area contributed by atoms with Crippen molar-refractivity contribution in [1.82, 2.24) is 0 Å². The van der Waals surface area contributed by atoms with Crippen LogP contribution in [0.15, 0.2) is 36.4 Å². The van der Waals surface area contributed by atoms with Crippen molar-refractivity contribution in [3.63, 3.8) is 0 Å². The SMILES string of the molecule is CCc1ccc(C(Cl)Cc2cccc(OC)c2)s1. The molecular weight excluding hydrogens is 264 g/mol. The average molecular weight is 281 g/mol. The van der Waals surface area contributed by atoms with Crippen LogP contribution in [0.1, 0.15) is 27.6 Å². The molecule has 1 aromatic carbocycles. The summed E-state index contributed by atoms with van der Waals surface area (Å²) in [6.45, 7) is 2.17. The van der Waals surface area contributed by atoms with Gasteiger partial charge in [0.15, 0.2) is 0 Å². The third kappa shape index (κ3) is 3.27. The molecule has 2 rings (SSSR count). The van der Waals surface area contributed by atoms with Crippen molar-refractivity contribution in [2.75, 3.05) is 7.11 Å². The molecule has 0 saturated carbocycles. The zero-order valence-corrected chi connectivity index (χ0v) is 12.2. The molecule has 0 radical (unpaired) electrons. The zero-order valence-electron chi connectivity index (χ0n) is 10.7. The van der Waals surface area contributed by atoms with Crippen molar-refractivity contribution in [1.29, 1.82) is 0 Å². The van der Waals surface area contributed by atoms with E-state index in [1.165, 1.54) is 15.3 Å². The molecule has 1 heterocycles. The first-order valence-corrected chi connectivity index (χ1v) is 7.33. The van der Waals surface area contributed by atoms with E-state index < -0.39 is 0 Å². The van der Waals surface area contributed by atoms with E-state index in [0.29, 0.717) is 0 Å². The summed E-state index contributed by atoms with van der Waals surface area (Å²) in [6.07, 6.45) is 1.91. The van der Waals surface area contributed by atoms with Crippen LogP contribution in [-0.2, 0) is 12.8 Å².